The van der Waals surface area contributed by atoms with Gasteiger partial charge in [0.1, 0.15) is 17.2 Å². The van der Waals surface area contributed by atoms with E-state index in [4.69, 9.17) is 20.2 Å². The van der Waals surface area contributed by atoms with E-state index in [9.17, 15) is 13.2 Å². The molecule has 10 heteroatoms. The van der Waals surface area contributed by atoms with E-state index in [2.05, 4.69) is 4.74 Å². The highest BCUT2D eigenvalue weighted by Gasteiger charge is 2.31. The summed E-state index contributed by atoms with van der Waals surface area (Å²) in [6.07, 6.45) is -3.99. The first-order valence-electron chi connectivity index (χ1n) is 9.80. The van der Waals surface area contributed by atoms with E-state index in [0.29, 0.717) is 31.1 Å². The Hall–Kier alpha value is -2.98. The van der Waals surface area contributed by atoms with E-state index in [1.54, 1.807) is 32.4 Å². The largest absolute Gasteiger partial charge is 0.573 e. The van der Waals surface area contributed by atoms with Gasteiger partial charge in [-0.1, -0.05) is 0 Å². The lowest BCUT2D eigenvalue weighted by molar-refractivity contribution is -0.274. The summed E-state index contributed by atoms with van der Waals surface area (Å²) in [5.74, 6) is 1.11. The first kappa shape index (κ1) is 23.7. The van der Waals surface area contributed by atoms with Crippen molar-refractivity contribution in [3.8, 4) is 28.5 Å². The predicted octanol–water partition coefficient (Wildman–Crippen LogP) is 4.58. The SMILES string of the molecule is COc1ccc(CN=c2scc(-c3ccc(OC(F)(F)F)cc3)n2CCCN)c(OC)c1. The number of alkyl halides is 3. The average molecular weight is 468 g/mol. The van der Waals surface area contributed by atoms with Crippen molar-refractivity contribution in [1.82, 2.24) is 4.57 Å². The van der Waals surface area contributed by atoms with Crippen LogP contribution >= 0.6 is 11.3 Å². The molecular formula is C22H24F3N3O3S. The second kappa shape index (κ2) is 10.6. The average Bonchev–Trinajstić information content (AvgIpc) is 3.18. The third-order valence-corrected chi connectivity index (χ3v) is 5.55. The normalized spacial score (nSPS) is 12.1. The molecule has 0 aliphatic carbocycles. The Balaban J connectivity index is 1.91. The molecule has 0 aliphatic rings. The molecule has 1 aromatic heterocycles. The Labute approximate surface area is 187 Å². The standard InChI is InChI=1S/C22H24F3N3O3S/c1-29-18-9-6-16(20(12-18)30-2)13-27-21-28(11-3-10-26)19(14-32-21)15-4-7-17(8-5-15)31-22(23,24)25/h4-9,12,14H,3,10-11,13,26H2,1-2H3. The zero-order valence-corrected chi connectivity index (χ0v) is 18.5. The highest BCUT2D eigenvalue weighted by atomic mass is 32.1. The minimum Gasteiger partial charge on any atom is -0.497 e. The molecule has 3 aromatic rings. The smallest absolute Gasteiger partial charge is 0.497 e. The van der Waals surface area contributed by atoms with Crippen LogP contribution in [0.2, 0.25) is 0 Å². The fourth-order valence-electron chi connectivity index (χ4n) is 3.11. The van der Waals surface area contributed by atoms with Crippen LogP contribution < -0.4 is 24.7 Å². The van der Waals surface area contributed by atoms with Gasteiger partial charge in [-0.3, -0.25) is 4.99 Å². The Morgan fingerprint density at radius 2 is 1.75 bits per heavy atom. The number of benzene rings is 2. The van der Waals surface area contributed by atoms with Crippen LogP contribution in [0.25, 0.3) is 11.3 Å². The molecule has 0 radical (unpaired) electrons. The summed E-state index contributed by atoms with van der Waals surface area (Å²) in [5, 5.41) is 1.93. The Morgan fingerprint density at radius 3 is 2.38 bits per heavy atom. The van der Waals surface area contributed by atoms with E-state index in [1.165, 1.54) is 23.5 Å². The number of aromatic nitrogens is 1. The maximum absolute atomic E-state index is 12.4. The molecule has 2 aromatic carbocycles. The fraction of sp³-hybridized carbons (Fsp3) is 0.318. The number of ether oxygens (including phenoxy) is 3. The number of rotatable bonds is 9. The maximum atomic E-state index is 12.4. The van der Waals surface area contributed by atoms with Gasteiger partial charge in [0.15, 0.2) is 4.80 Å². The van der Waals surface area contributed by atoms with Crippen LogP contribution in [0.1, 0.15) is 12.0 Å². The summed E-state index contributed by atoms with van der Waals surface area (Å²) < 4.78 is 53.9. The molecule has 1 heterocycles. The molecule has 2 N–H and O–H groups in total. The van der Waals surface area contributed by atoms with Gasteiger partial charge >= 0.3 is 6.36 Å². The summed E-state index contributed by atoms with van der Waals surface area (Å²) in [4.78, 5) is 5.53. The van der Waals surface area contributed by atoms with E-state index >= 15 is 0 Å². The number of halogens is 3. The summed E-state index contributed by atoms with van der Waals surface area (Å²) >= 11 is 1.45. The monoisotopic (exact) mass is 467 g/mol. The molecule has 172 valence electrons. The lowest BCUT2D eigenvalue weighted by Crippen LogP contribution is -2.18. The molecule has 0 saturated heterocycles. The fourth-order valence-corrected chi connectivity index (χ4v) is 4.05. The second-order valence-corrected chi connectivity index (χ2v) is 7.60. The molecule has 0 aliphatic heterocycles. The highest BCUT2D eigenvalue weighted by Crippen LogP contribution is 2.28. The van der Waals surface area contributed by atoms with E-state index in [0.717, 1.165) is 28.0 Å². The highest BCUT2D eigenvalue weighted by molar-refractivity contribution is 7.07. The number of hydrogen-bond donors (Lipinski definition) is 1. The van der Waals surface area contributed by atoms with Crippen molar-refractivity contribution in [1.29, 1.82) is 0 Å². The van der Waals surface area contributed by atoms with Gasteiger partial charge in [-0.25, -0.2) is 0 Å². The molecule has 0 spiro atoms. The Bertz CT molecular complexity index is 1090. The Morgan fingerprint density at radius 1 is 1.03 bits per heavy atom. The second-order valence-electron chi connectivity index (χ2n) is 6.76. The molecule has 0 bridgehead atoms. The molecule has 6 nitrogen and oxygen atoms in total. The first-order valence-corrected chi connectivity index (χ1v) is 10.7. The zero-order chi connectivity index (χ0) is 23.1. The van der Waals surface area contributed by atoms with Gasteiger partial charge in [0.2, 0.25) is 0 Å². The van der Waals surface area contributed by atoms with Crippen LogP contribution in [0, 0.1) is 0 Å². The topological polar surface area (TPSA) is 71.0 Å². The van der Waals surface area contributed by atoms with Gasteiger partial charge in [0.25, 0.3) is 0 Å². The molecule has 0 atom stereocenters. The molecule has 0 unspecified atom stereocenters. The Kier molecular flexibility index (Phi) is 7.81. The van der Waals surface area contributed by atoms with Crippen molar-refractivity contribution in [3.05, 3.63) is 58.2 Å². The quantitative estimate of drug-likeness (QED) is 0.500. The van der Waals surface area contributed by atoms with Crippen molar-refractivity contribution in [2.75, 3.05) is 20.8 Å². The summed E-state index contributed by atoms with van der Waals surface area (Å²) in [7, 11) is 3.18. The third kappa shape index (κ3) is 6.04. The lowest BCUT2D eigenvalue weighted by atomic mass is 10.1. The van der Waals surface area contributed by atoms with Crippen LogP contribution in [-0.4, -0.2) is 31.7 Å². The van der Waals surface area contributed by atoms with Gasteiger partial charge in [0, 0.05) is 23.6 Å². The summed E-state index contributed by atoms with van der Waals surface area (Å²) in [5.41, 5.74) is 8.22. The van der Waals surface area contributed by atoms with Gasteiger partial charge in [-0.2, -0.15) is 0 Å². The minimum absolute atomic E-state index is 0.263. The van der Waals surface area contributed by atoms with Crippen LogP contribution in [0.15, 0.2) is 52.8 Å². The molecule has 0 fully saturated rings. The van der Waals surface area contributed by atoms with E-state index in [1.807, 2.05) is 22.1 Å². The first-order chi connectivity index (χ1) is 15.3. The van der Waals surface area contributed by atoms with E-state index in [-0.39, 0.29) is 5.75 Å². The molecule has 0 amide bonds. The minimum atomic E-state index is -4.72. The van der Waals surface area contributed by atoms with Crippen LogP contribution in [0.5, 0.6) is 17.2 Å². The molecular weight excluding hydrogens is 443 g/mol. The predicted molar refractivity (Wildman–Crippen MR) is 117 cm³/mol. The summed E-state index contributed by atoms with van der Waals surface area (Å²) in [6.45, 7) is 1.54. The molecule has 3 rings (SSSR count). The van der Waals surface area contributed by atoms with Crippen LogP contribution in [0.3, 0.4) is 0 Å². The maximum Gasteiger partial charge on any atom is 0.573 e. The molecule has 32 heavy (non-hydrogen) atoms. The third-order valence-electron chi connectivity index (χ3n) is 4.65. The van der Waals surface area contributed by atoms with E-state index < -0.39 is 6.36 Å². The number of hydrogen-bond acceptors (Lipinski definition) is 6. The van der Waals surface area contributed by atoms with Gasteiger partial charge in [0.05, 0.1) is 26.5 Å². The van der Waals surface area contributed by atoms with Gasteiger partial charge in [-0.15, -0.1) is 24.5 Å². The number of nitrogens with zero attached hydrogens (tertiary/aromatic N) is 2. The number of nitrogens with two attached hydrogens (primary N) is 1. The van der Waals surface area contributed by atoms with Crippen molar-refractivity contribution in [2.45, 2.75) is 25.9 Å². The number of thiazole rings is 1. The summed E-state index contributed by atoms with van der Waals surface area (Å²) in [6, 6.07) is 11.3. The molecule has 0 saturated carbocycles. The van der Waals surface area contributed by atoms with Crippen molar-refractivity contribution in [2.24, 2.45) is 10.7 Å². The van der Waals surface area contributed by atoms with Gasteiger partial charge in [-0.05, 0) is 54.9 Å². The lowest BCUT2D eigenvalue weighted by Gasteiger charge is -2.11. The zero-order valence-electron chi connectivity index (χ0n) is 17.7. The number of methoxy groups -OCH3 is 2. The van der Waals surface area contributed by atoms with Crippen LogP contribution in [-0.2, 0) is 13.1 Å². The van der Waals surface area contributed by atoms with Crippen molar-refractivity contribution >= 4 is 11.3 Å². The van der Waals surface area contributed by atoms with Crippen molar-refractivity contribution in [3.63, 3.8) is 0 Å². The van der Waals surface area contributed by atoms with Crippen molar-refractivity contribution < 1.29 is 27.4 Å². The van der Waals surface area contributed by atoms with Gasteiger partial charge < -0.3 is 24.5 Å². The van der Waals surface area contributed by atoms with Crippen LogP contribution in [0.4, 0.5) is 13.2 Å².